The quantitative estimate of drug-likeness (QED) is 0.621. The molecule has 0 saturated heterocycles. The fraction of sp³-hybridized carbons (Fsp3) is 0.450. The van der Waals surface area contributed by atoms with Crippen molar-refractivity contribution in [1.29, 1.82) is 0 Å². The largest absolute Gasteiger partial charge is 0.497 e. The standard InChI is InChI=1S/C20H26N4O3/c1-7-13(8-2)24-12(3)21-19-17(24)20(27-6)23-18(22-19)15-10-9-14(25-4)11-16(15)26-5/h9-11,13H,7-8H2,1-6H3. The minimum atomic E-state index is 0.328. The molecule has 3 aromatic rings. The molecule has 0 saturated carbocycles. The summed E-state index contributed by atoms with van der Waals surface area (Å²) in [5, 5.41) is 0. The molecule has 2 heterocycles. The number of aryl methyl sites for hydroxylation is 1. The molecule has 0 aliphatic carbocycles. The highest BCUT2D eigenvalue weighted by molar-refractivity contribution is 5.81. The molecular weight excluding hydrogens is 344 g/mol. The Morgan fingerprint density at radius 3 is 2.30 bits per heavy atom. The Morgan fingerprint density at radius 2 is 1.70 bits per heavy atom. The van der Waals surface area contributed by atoms with E-state index in [1.165, 1.54) is 0 Å². The van der Waals surface area contributed by atoms with Gasteiger partial charge in [-0.2, -0.15) is 4.98 Å². The molecule has 27 heavy (non-hydrogen) atoms. The Hall–Kier alpha value is -2.83. The van der Waals surface area contributed by atoms with Gasteiger partial charge in [0.15, 0.2) is 17.0 Å². The van der Waals surface area contributed by atoms with E-state index in [-0.39, 0.29) is 0 Å². The minimum absolute atomic E-state index is 0.328. The fourth-order valence-electron chi connectivity index (χ4n) is 3.43. The number of fused-ring (bicyclic) bond motifs is 1. The molecule has 1 aromatic carbocycles. The Labute approximate surface area is 159 Å². The van der Waals surface area contributed by atoms with Crippen LogP contribution in [0.25, 0.3) is 22.6 Å². The number of rotatable bonds is 7. The molecule has 0 aliphatic rings. The molecule has 0 bridgehead atoms. The lowest BCUT2D eigenvalue weighted by molar-refractivity contribution is 0.392. The maximum Gasteiger partial charge on any atom is 0.243 e. The molecular formula is C20H26N4O3. The predicted octanol–water partition coefficient (Wildman–Crippen LogP) is 4.19. The lowest BCUT2D eigenvalue weighted by Crippen LogP contribution is -2.10. The molecule has 0 amide bonds. The fourth-order valence-corrected chi connectivity index (χ4v) is 3.43. The van der Waals surface area contributed by atoms with Crippen molar-refractivity contribution in [2.45, 2.75) is 39.7 Å². The van der Waals surface area contributed by atoms with Gasteiger partial charge in [0.2, 0.25) is 5.88 Å². The summed E-state index contributed by atoms with van der Waals surface area (Å²) in [7, 11) is 4.85. The SMILES string of the molecule is CCC(CC)n1c(C)nc2nc(-c3ccc(OC)cc3OC)nc(OC)c21. The molecule has 0 unspecified atom stereocenters. The first-order valence-corrected chi connectivity index (χ1v) is 9.10. The van der Waals surface area contributed by atoms with Crippen LogP contribution in [0.3, 0.4) is 0 Å². The Kier molecular flexibility index (Phi) is 5.48. The van der Waals surface area contributed by atoms with Crippen molar-refractivity contribution in [2.24, 2.45) is 0 Å². The lowest BCUT2D eigenvalue weighted by Gasteiger charge is -2.18. The highest BCUT2D eigenvalue weighted by atomic mass is 16.5. The number of benzene rings is 1. The van der Waals surface area contributed by atoms with E-state index < -0.39 is 0 Å². The van der Waals surface area contributed by atoms with Crippen molar-refractivity contribution >= 4 is 11.2 Å². The van der Waals surface area contributed by atoms with Crippen LogP contribution < -0.4 is 14.2 Å². The third-order valence-corrected chi connectivity index (χ3v) is 4.84. The normalized spacial score (nSPS) is 11.2. The summed E-state index contributed by atoms with van der Waals surface area (Å²) in [5.41, 5.74) is 2.22. The van der Waals surface area contributed by atoms with E-state index in [0.29, 0.717) is 34.9 Å². The first-order valence-electron chi connectivity index (χ1n) is 9.10. The zero-order chi connectivity index (χ0) is 19.6. The highest BCUT2D eigenvalue weighted by Gasteiger charge is 2.22. The van der Waals surface area contributed by atoms with E-state index in [1.807, 2.05) is 25.1 Å². The number of aromatic nitrogens is 4. The first-order chi connectivity index (χ1) is 13.1. The molecule has 2 aromatic heterocycles. The minimum Gasteiger partial charge on any atom is -0.497 e. The van der Waals surface area contributed by atoms with Crippen LogP contribution in [0.4, 0.5) is 0 Å². The third-order valence-electron chi connectivity index (χ3n) is 4.84. The van der Waals surface area contributed by atoms with Crippen molar-refractivity contribution in [3.63, 3.8) is 0 Å². The number of nitrogens with zero attached hydrogens (tertiary/aromatic N) is 4. The van der Waals surface area contributed by atoms with Crippen LogP contribution in [0.5, 0.6) is 17.4 Å². The second-order valence-electron chi connectivity index (χ2n) is 6.29. The first kappa shape index (κ1) is 18.9. The van der Waals surface area contributed by atoms with Gasteiger partial charge in [0, 0.05) is 12.1 Å². The summed E-state index contributed by atoms with van der Waals surface area (Å²) in [4.78, 5) is 14.1. The van der Waals surface area contributed by atoms with Crippen molar-refractivity contribution < 1.29 is 14.2 Å². The summed E-state index contributed by atoms with van der Waals surface area (Å²) in [6.07, 6.45) is 2.00. The summed E-state index contributed by atoms with van der Waals surface area (Å²) < 4.78 is 18.6. The number of imidazole rings is 1. The van der Waals surface area contributed by atoms with Crippen LogP contribution in [0.15, 0.2) is 18.2 Å². The average Bonchev–Trinajstić information content (AvgIpc) is 3.03. The van der Waals surface area contributed by atoms with E-state index in [2.05, 4.69) is 28.4 Å². The third kappa shape index (κ3) is 3.29. The second-order valence-corrected chi connectivity index (χ2v) is 6.29. The van der Waals surface area contributed by atoms with Gasteiger partial charge in [-0.1, -0.05) is 13.8 Å². The van der Waals surface area contributed by atoms with Crippen LogP contribution in [-0.2, 0) is 0 Å². The summed E-state index contributed by atoms with van der Waals surface area (Å²) in [6, 6.07) is 5.87. The molecule has 0 radical (unpaired) electrons. The summed E-state index contributed by atoms with van der Waals surface area (Å²) in [5.74, 6) is 3.27. The van der Waals surface area contributed by atoms with Crippen LogP contribution in [0.1, 0.15) is 38.6 Å². The van der Waals surface area contributed by atoms with Gasteiger partial charge in [-0.15, -0.1) is 0 Å². The average molecular weight is 370 g/mol. The molecule has 0 fully saturated rings. The van der Waals surface area contributed by atoms with E-state index >= 15 is 0 Å². The van der Waals surface area contributed by atoms with Gasteiger partial charge in [-0.05, 0) is 31.9 Å². The van der Waals surface area contributed by atoms with E-state index in [1.54, 1.807) is 21.3 Å². The van der Waals surface area contributed by atoms with Crippen LogP contribution in [-0.4, -0.2) is 40.8 Å². The van der Waals surface area contributed by atoms with Gasteiger partial charge >= 0.3 is 0 Å². The maximum absolute atomic E-state index is 5.62. The Bertz CT molecular complexity index is 948. The number of ether oxygens (including phenoxy) is 3. The Morgan fingerprint density at radius 1 is 0.963 bits per heavy atom. The zero-order valence-electron chi connectivity index (χ0n) is 16.7. The van der Waals surface area contributed by atoms with Crippen molar-refractivity contribution in [3.05, 3.63) is 24.0 Å². The number of hydrogen-bond acceptors (Lipinski definition) is 6. The highest BCUT2D eigenvalue weighted by Crippen LogP contribution is 2.35. The molecule has 7 nitrogen and oxygen atoms in total. The van der Waals surface area contributed by atoms with Gasteiger partial charge in [0.1, 0.15) is 17.3 Å². The molecule has 0 N–H and O–H groups in total. The molecule has 7 heteroatoms. The smallest absolute Gasteiger partial charge is 0.243 e. The van der Waals surface area contributed by atoms with Gasteiger partial charge < -0.3 is 18.8 Å². The van der Waals surface area contributed by atoms with Crippen LogP contribution >= 0.6 is 0 Å². The van der Waals surface area contributed by atoms with Gasteiger partial charge in [0.25, 0.3) is 0 Å². The Balaban J connectivity index is 2.24. The number of methoxy groups -OCH3 is 3. The molecule has 0 atom stereocenters. The van der Waals surface area contributed by atoms with E-state index in [9.17, 15) is 0 Å². The van der Waals surface area contributed by atoms with Gasteiger partial charge in [-0.25, -0.2) is 9.97 Å². The predicted molar refractivity (Wildman–Crippen MR) is 105 cm³/mol. The zero-order valence-corrected chi connectivity index (χ0v) is 16.7. The van der Waals surface area contributed by atoms with Crippen molar-refractivity contribution in [2.75, 3.05) is 21.3 Å². The second kappa shape index (κ2) is 7.82. The molecule has 3 rings (SSSR count). The van der Waals surface area contributed by atoms with E-state index in [0.717, 1.165) is 29.7 Å². The monoisotopic (exact) mass is 370 g/mol. The molecule has 0 aliphatic heterocycles. The van der Waals surface area contributed by atoms with Crippen LogP contribution in [0.2, 0.25) is 0 Å². The van der Waals surface area contributed by atoms with E-state index in [4.69, 9.17) is 19.2 Å². The van der Waals surface area contributed by atoms with Crippen molar-refractivity contribution in [1.82, 2.24) is 19.5 Å². The van der Waals surface area contributed by atoms with Gasteiger partial charge in [-0.3, -0.25) is 0 Å². The number of hydrogen-bond donors (Lipinski definition) is 0. The topological polar surface area (TPSA) is 71.3 Å². The molecule has 144 valence electrons. The maximum atomic E-state index is 5.62. The summed E-state index contributed by atoms with van der Waals surface area (Å²) >= 11 is 0. The van der Waals surface area contributed by atoms with Gasteiger partial charge in [0.05, 0.1) is 26.9 Å². The van der Waals surface area contributed by atoms with Crippen molar-refractivity contribution in [3.8, 4) is 28.8 Å². The van der Waals surface area contributed by atoms with Crippen LogP contribution in [0, 0.1) is 6.92 Å². The summed E-state index contributed by atoms with van der Waals surface area (Å²) in [6.45, 7) is 6.33. The lowest BCUT2D eigenvalue weighted by atomic mass is 10.1. The molecule has 0 spiro atoms.